The number of benzene rings is 5. The molecular formula is C49H70. The Bertz CT molecular complexity index is 1340. The molecule has 2 fully saturated rings. The smallest absolute Gasteiger partial charge is 0.0184 e. The average Bonchev–Trinajstić information content (AvgIpc) is 3.51. The second-order valence-electron chi connectivity index (χ2n) is 13.9. The number of aryl methyl sites for hydroxylation is 4. The summed E-state index contributed by atoms with van der Waals surface area (Å²) in [7, 11) is 0. The predicted molar refractivity (Wildman–Crippen MR) is 224 cm³/mol. The Morgan fingerprint density at radius 1 is 0.327 bits per heavy atom. The summed E-state index contributed by atoms with van der Waals surface area (Å²) in [6.07, 6.45) is 7.36. The van der Waals surface area contributed by atoms with Crippen molar-refractivity contribution in [3.8, 4) is 11.1 Å². The second-order valence-corrected chi connectivity index (χ2v) is 13.9. The zero-order valence-corrected chi connectivity index (χ0v) is 33.4. The van der Waals surface area contributed by atoms with Gasteiger partial charge in [-0.2, -0.15) is 0 Å². The molecule has 0 N–H and O–H groups in total. The third-order valence-corrected chi connectivity index (χ3v) is 8.88. The Balaban J connectivity index is 0.000000307. The highest BCUT2D eigenvalue weighted by Crippen LogP contribution is 2.31. The Morgan fingerprint density at radius 2 is 0.551 bits per heavy atom. The van der Waals surface area contributed by atoms with Crippen LogP contribution in [0.5, 0.6) is 0 Å². The van der Waals surface area contributed by atoms with Crippen molar-refractivity contribution in [1.29, 1.82) is 0 Å². The van der Waals surface area contributed by atoms with Crippen LogP contribution >= 0.6 is 0 Å². The molecule has 2 saturated carbocycles. The molecule has 0 spiro atoms. The number of hydrogen-bond donors (Lipinski definition) is 0. The molecular weight excluding hydrogens is 589 g/mol. The fraction of sp³-hybridized carbons (Fsp3) is 0.429. The lowest BCUT2D eigenvalue weighted by atomic mass is 9.78. The van der Waals surface area contributed by atoms with Crippen molar-refractivity contribution < 1.29 is 0 Å². The molecule has 0 radical (unpaired) electrons. The van der Waals surface area contributed by atoms with Crippen molar-refractivity contribution in [1.82, 2.24) is 0 Å². The van der Waals surface area contributed by atoms with E-state index >= 15 is 0 Å². The normalized spacial score (nSPS) is 18.2. The molecule has 0 saturated heterocycles. The summed E-state index contributed by atoms with van der Waals surface area (Å²) in [5, 5.41) is 2.62. The van der Waals surface area contributed by atoms with E-state index in [0.717, 1.165) is 23.7 Å². The molecule has 5 aromatic rings. The average molecular weight is 659 g/mol. The van der Waals surface area contributed by atoms with Crippen LogP contribution in [0.25, 0.3) is 21.9 Å². The summed E-state index contributed by atoms with van der Waals surface area (Å²) in [5.74, 6) is 4.13. The molecule has 2 aliphatic carbocycles. The molecule has 49 heavy (non-hydrogen) atoms. The molecule has 0 nitrogen and oxygen atoms in total. The van der Waals surface area contributed by atoms with Gasteiger partial charge in [0.05, 0.1) is 0 Å². The van der Waals surface area contributed by atoms with E-state index in [4.69, 9.17) is 0 Å². The lowest BCUT2D eigenvalue weighted by Crippen LogP contribution is -2.16. The lowest BCUT2D eigenvalue weighted by Gasteiger charge is -2.28. The summed E-state index contributed by atoms with van der Waals surface area (Å²) in [4.78, 5) is 0. The Morgan fingerprint density at radius 3 is 0.735 bits per heavy atom. The fourth-order valence-electron chi connectivity index (χ4n) is 6.06. The van der Waals surface area contributed by atoms with E-state index in [-0.39, 0.29) is 0 Å². The summed E-state index contributed by atoms with van der Waals surface area (Å²) >= 11 is 0. The first-order valence-electron chi connectivity index (χ1n) is 19.2. The molecule has 7 rings (SSSR count). The molecule has 2 atom stereocenters. The third kappa shape index (κ3) is 18.6. The zero-order chi connectivity index (χ0) is 36.6. The van der Waals surface area contributed by atoms with Crippen molar-refractivity contribution in [2.24, 2.45) is 23.7 Å². The molecule has 0 bridgehead atoms. The van der Waals surface area contributed by atoms with E-state index < -0.39 is 0 Å². The topological polar surface area (TPSA) is 0 Å². The van der Waals surface area contributed by atoms with Gasteiger partial charge in [-0.1, -0.05) is 212 Å². The second kappa shape index (κ2) is 25.3. The molecule has 0 heterocycles. The first kappa shape index (κ1) is 43.4. The third-order valence-electron chi connectivity index (χ3n) is 8.88. The van der Waals surface area contributed by atoms with Gasteiger partial charge in [-0.25, -0.2) is 0 Å². The van der Waals surface area contributed by atoms with Gasteiger partial charge in [-0.05, 0) is 92.5 Å². The predicted octanol–water partition coefficient (Wildman–Crippen LogP) is 15.7. The van der Waals surface area contributed by atoms with Crippen molar-refractivity contribution in [3.05, 3.63) is 144 Å². The SMILES string of the molecule is CC.CC.CC1CC(C)C1.C[C@@H]1CC[C@H](C)C1.Cc1ccc(-c2ccc(C)cc2)cc1.Cc1ccc(C)cc1.c1ccc2ccccc2c1. The van der Waals surface area contributed by atoms with Gasteiger partial charge < -0.3 is 0 Å². The van der Waals surface area contributed by atoms with Crippen LogP contribution in [0.1, 0.15) is 110 Å². The van der Waals surface area contributed by atoms with Crippen LogP contribution in [-0.2, 0) is 0 Å². The molecule has 0 aliphatic heterocycles. The van der Waals surface area contributed by atoms with Crippen LogP contribution < -0.4 is 0 Å². The molecule has 0 heteroatoms. The van der Waals surface area contributed by atoms with Crippen molar-refractivity contribution >= 4 is 10.8 Å². The van der Waals surface area contributed by atoms with Crippen LogP contribution in [0.15, 0.2) is 121 Å². The van der Waals surface area contributed by atoms with Gasteiger partial charge in [0.25, 0.3) is 0 Å². The van der Waals surface area contributed by atoms with Crippen LogP contribution in [0.4, 0.5) is 0 Å². The Labute approximate surface area is 303 Å². The molecule has 0 aromatic heterocycles. The molecule has 266 valence electrons. The van der Waals surface area contributed by atoms with E-state index in [2.05, 4.69) is 177 Å². The first-order chi connectivity index (χ1) is 23.6. The number of hydrogen-bond acceptors (Lipinski definition) is 0. The zero-order valence-electron chi connectivity index (χ0n) is 33.4. The summed E-state index contributed by atoms with van der Waals surface area (Å²) in [5.41, 5.74) is 7.85. The van der Waals surface area contributed by atoms with Gasteiger partial charge in [-0.3, -0.25) is 0 Å². The minimum absolute atomic E-state index is 1.02. The Kier molecular flexibility index (Phi) is 22.4. The lowest BCUT2D eigenvalue weighted by molar-refractivity contribution is 0.233. The highest BCUT2D eigenvalue weighted by atomic mass is 14.3. The van der Waals surface area contributed by atoms with Crippen LogP contribution in [0.2, 0.25) is 0 Å². The summed E-state index contributed by atoms with van der Waals surface area (Å²) < 4.78 is 0. The Hall–Kier alpha value is -3.64. The van der Waals surface area contributed by atoms with Crippen LogP contribution in [-0.4, -0.2) is 0 Å². The van der Waals surface area contributed by atoms with Gasteiger partial charge >= 0.3 is 0 Å². The van der Waals surface area contributed by atoms with Gasteiger partial charge in [-0.15, -0.1) is 0 Å². The summed E-state index contributed by atoms with van der Waals surface area (Å²) in [6, 6.07) is 42.5. The molecule has 0 unspecified atom stereocenters. The monoisotopic (exact) mass is 659 g/mol. The van der Waals surface area contributed by atoms with E-state index in [1.54, 1.807) is 0 Å². The van der Waals surface area contributed by atoms with Gasteiger partial charge in [0.2, 0.25) is 0 Å². The maximum atomic E-state index is 2.35. The van der Waals surface area contributed by atoms with Gasteiger partial charge in [0.15, 0.2) is 0 Å². The fourth-order valence-corrected chi connectivity index (χ4v) is 6.06. The van der Waals surface area contributed by atoms with Crippen LogP contribution in [0, 0.1) is 51.4 Å². The van der Waals surface area contributed by atoms with E-state index in [1.165, 1.54) is 76.3 Å². The summed E-state index contributed by atoms with van der Waals surface area (Å²) in [6.45, 7) is 25.8. The number of fused-ring (bicyclic) bond motifs is 1. The minimum atomic E-state index is 1.02. The maximum absolute atomic E-state index is 2.35. The largest absolute Gasteiger partial charge is 0.0683 e. The number of rotatable bonds is 1. The van der Waals surface area contributed by atoms with Crippen molar-refractivity contribution in [3.63, 3.8) is 0 Å². The quantitative estimate of drug-likeness (QED) is 0.168. The minimum Gasteiger partial charge on any atom is -0.0683 e. The van der Waals surface area contributed by atoms with Crippen molar-refractivity contribution in [2.75, 3.05) is 0 Å². The van der Waals surface area contributed by atoms with Gasteiger partial charge in [0, 0.05) is 0 Å². The highest BCUT2D eigenvalue weighted by molar-refractivity contribution is 5.82. The van der Waals surface area contributed by atoms with E-state index in [9.17, 15) is 0 Å². The van der Waals surface area contributed by atoms with Gasteiger partial charge in [0.1, 0.15) is 0 Å². The van der Waals surface area contributed by atoms with Crippen LogP contribution in [0.3, 0.4) is 0 Å². The highest BCUT2D eigenvalue weighted by Gasteiger charge is 2.19. The molecule has 0 amide bonds. The van der Waals surface area contributed by atoms with E-state index in [0.29, 0.717) is 0 Å². The standard InChI is InChI=1S/C14H14.C10H8.C8H10.C7H14.C6H12.2C2H6/c1-11-3-7-13(8-4-11)14-9-5-12(2)6-10-14;1-2-6-10-8-4-3-7-9(10)5-1;1-7-3-5-8(2)6-4-7;1-6-3-4-7(2)5-6;1-5-3-6(2)4-5;2*1-2/h3-10H,1-2H3;1-8H;3-6H,1-2H3;6-7H,3-5H2,1-2H3;5-6H,3-4H2,1-2H3;2*1-2H3/t;;;6-,7+;;;. The van der Waals surface area contributed by atoms with E-state index in [1.807, 2.05) is 27.7 Å². The first-order valence-corrected chi connectivity index (χ1v) is 19.2. The molecule has 5 aromatic carbocycles. The maximum Gasteiger partial charge on any atom is -0.0184 e. The molecule has 2 aliphatic rings. The van der Waals surface area contributed by atoms with Crippen molar-refractivity contribution in [2.45, 2.75) is 115 Å².